The van der Waals surface area contributed by atoms with Gasteiger partial charge in [0.2, 0.25) is 0 Å². The van der Waals surface area contributed by atoms with Crippen molar-refractivity contribution in [1.29, 1.82) is 0 Å². The van der Waals surface area contributed by atoms with Crippen molar-refractivity contribution in [3.8, 4) is 0 Å². The summed E-state index contributed by atoms with van der Waals surface area (Å²) in [6, 6.07) is 2.17. The molecule has 1 aromatic rings. The van der Waals surface area contributed by atoms with Gasteiger partial charge in [-0.3, -0.25) is 0 Å². The molecule has 1 saturated heterocycles. The number of amides is 1. The van der Waals surface area contributed by atoms with Gasteiger partial charge in [0.25, 0.3) is 0 Å². The minimum Gasteiger partial charge on any atom is -0.449 e. The molecule has 0 aromatic carbocycles. The molecule has 0 spiro atoms. The second-order valence-electron chi connectivity index (χ2n) is 6.15. The van der Waals surface area contributed by atoms with Crippen LogP contribution in [0, 0.1) is 0 Å². The van der Waals surface area contributed by atoms with E-state index in [9.17, 15) is 4.79 Å². The molecule has 0 radical (unpaired) electrons. The first kappa shape index (κ1) is 15.8. The summed E-state index contributed by atoms with van der Waals surface area (Å²) in [6.45, 7) is 7.56. The molecule has 3 rings (SSSR count). The Bertz CT molecular complexity index is 497. The monoisotopic (exact) mass is 323 g/mol. The zero-order valence-electron chi connectivity index (χ0n) is 13.3. The molecule has 1 amide bonds. The summed E-state index contributed by atoms with van der Waals surface area (Å²) in [5, 5.41) is 2.11. The highest BCUT2D eigenvalue weighted by Gasteiger charge is 2.22. The summed E-state index contributed by atoms with van der Waals surface area (Å²) >= 11 is 1.73. The van der Waals surface area contributed by atoms with Gasteiger partial charge in [-0.05, 0) is 36.9 Å². The quantitative estimate of drug-likeness (QED) is 0.793. The Morgan fingerprint density at radius 3 is 2.91 bits per heavy atom. The van der Waals surface area contributed by atoms with Crippen LogP contribution in [0.1, 0.15) is 16.9 Å². The van der Waals surface area contributed by atoms with E-state index in [2.05, 4.69) is 28.3 Å². The third-order valence-electron chi connectivity index (χ3n) is 4.52. The number of fused-ring (bicyclic) bond motifs is 1. The first-order valence-corrected chi connectivity index (χ1v) is 8.98. The zero-order valence-corrected chi connectivity index (χ0v) is 14.1. The van der Waals surface area contributed by atoms with Crippen LogP contribution in [0.5, 0.6) is 0 Å². The van der Waals surface area contributed by atoms with E-state index in [1.54, 1.807) is 11.3 Å². The number of carbonyl (C=O) groups is 1. The molecule has 0 aliphatic carbocycles. The predicted octanol–water partition coefficient (Wildman–Crippen LogP) is 1.88. The van der Waals surface area contributed by atoms with Gasteiger partial charge in [-0.25, -0.2) is 4.79 Å². The van der Waals surface area contributed by atoms with Crippen molar-refractivity contribution in [2.24, 2.45) is 0 Å². The molecular formula is C16H25N3O2S. The Balaban J connectivity index is 1.33. The Hall–Kier alpha value is -1.11. The SMILES string of the molecule is CN1CCN(CCCOC(=O)N2CCc3ccsc3C2)CC1. The van der Waals surface area contributed by atoms with Crippen LogP contribution in [0.3, 0.4) is 0 Å². The number of hydrogen-bond acceptors (Lipinski definition) is 5. The molecular weight excluding hydrogens is 298 g/mol. The number of thiophene rings is 1. The highest BCUT2D eigenvalue weighted by molar-refractivity contribution is 7.10. The largest absolute Gasteiger partial charge is 0.449 e. The maximum Gasteiger partial charge on any atom is 0.410 e. The maximum absolute atomic E-state index is 12.1. The highest BCUT2D eigenvalue weighted by atomic mass is 32.1. The molecule has 0 unspecified atom stereocenters. The maximum atomic E-state index is 12.1. The van der Waals surface area contributed by atoms with Crippen LogP contribution in [0.15, 0.2) is 11.4 Å². The zero-order chi connectivity index (χ0) is 15.4. The van der Waals surface area contributed by atoms with Crippen LogP contribution < -0.4 is 0 Å². The Morgan fingerprint density at radius 2 is 2.09 bits per heavy atom. The second-order valence-corrected chi connectivity index (χ2v) is 7.15. The number of rotatable bonds is 4. The first-order chi connectivity index (χ1) is 10.7. The van der Waals surface area contributed by atoms with Crippen molar-refractivity contribution >= 4 is 17.4 Å². The number of piperazine rings is 1. The van der Waals surface area contributed by atoms with E-state index in [1.165, 1.54) is 10.4 Å². The predicted molar refractivity (Wildman–Crippen MR) is 88.3 cm³/mol. The average molecular weight is 323 g/mol. The van der Waals surface area contributed by atoms with Crippen molar-refractivity contribution in [2.75, 3.05) is 52.9 Å². The molecule has 0 atom stereocenters. The third kappa shape index (κ3) is 4.00. The number of likely N-dealkylation sites (N-methyl/N-ethyl adjacent to an activating group) is 1. The molecule has 2 aliphatic rings. The van der Waals surface area contributed by atoms with Gasteiger partial charge >= 0.3 is 6.09 Å². The minimum atomic E-state index is -0.155. The van der Waals surface area contributed by atoms with Gasteiger partial charge in [-0.1, -0.05) is 0 Å². The molecule has 0 bridgehead atoms. The minimum absolute atomic E-state index is 0.155. The fourth-order valence-electron chi connectivity index (χ4n) is 3.00. The Labute approximate surface area is 136 Å². The molecule has 1 aromatic heterocycles. The lowest BCUT2D eigenvalue weighted by molar-refractivity contribution is 0.0895. The van der Waals surface area contributed by atoms with E-state index < -0.39 is 0 Å². The summed E-state index contributed by atoms with van der Waals surface area (Å²) in [5.74, 6) is 0. The Kier molecular flexibility index (Phi) is 5.33. The molecule has 22 heavy (non-hydrogen) atoms. The average Bonchev–Trinajstić information content (AvgIpc) is 3.00. The van der Waals surface area contributed by atoms with Crippen molar-refractivity contribution < 1.29 is 9.53 Å². The molecule has 3 heterocycles. The van der Waals surface area contributed by atoms with Gasteiger partial charge in [0, 0.05) is 44.1 Å². The van der Waals surface area contributed by atoms with Crippen molar-refractivity contribution in [3.63, 3.8) is 0 Å². The van der Waals surface area contributed by atoms with Crippen molar-refractivity contribution in [3.05, 3.63) is 21.9 Å². The summed E-state index contributed by atoms with van der Waals surface area (Å²) in [6.07, 6.45) is 1.72. The molecule has 0 N–H and O–H groups in total. The van der Waals surface area contributed by atoms with Crippen molar-refractivity contribution in [1.82, 2.24) is 14.7 Å². The second kappa shape index (κ2) is 7.44. The van der Waals surface area contributed by atoms with Gasteiger partial charge in [-0.15, -0.1) is 11.3 Å². The molecule has 6 heteroatoms. The topological polar surface area (TPSA) is 36.0 Å². The van der Waals surface area contributed by atoms with Crippen molar-refractivity contribution in [2.45, 2.75) is 19.4 Å². The summed E-state index contributed by atoms with van der Waals surface area (Å²) in [5.41, 5.74) is 1.39. The fraction of sp³-hybridized carbons (Fsp3) is 0.688. The van der Waals surface area contributed by atoms with Crippen LogP contribution in [-0.4, -0.2) is 73.7 Å². The molecule has 5 nitrogen and oxygen atoms in total. The van der Waals surface area contributed by atoms with Gasteiger partial charge in [-0.2, -0.15) is 0 Å². The van der Waals surface area contributed by atoms with E-state index in [4.69, 9.17) is 4.74 Å². The number of carbonyl (C=O) groups excluding carboxylic acids is 1. The summed E-state index contributed by atoms with van der Waals surface area (Å²) in [4.78, 5) is 20.1. The number of hydrogen-bond donors (Lipinski definition) is 0. The van der Waals surface area contributed by atoms with Crippen LogP contribution in [0.25, 0.3) is 0 Å². The van der Waals surface area contributed by atoms with E-state index >= 15 is 0 Å². The smallest absolute Gasteiger partial charge is 0.410 e. The number of ether oxygens (including phenoxy) is 1. The Morgan fingerprint density at radius 1 is 1.27 bits per heavy atom. The lowest BCUT2D eigenvalue weighted by Gasteiger charge is -2.32. The molecule has 2 aliphatic heterocycles. The molecule has 0 saturated carbocycles. The summed E-state index contributed by atoms with van der Waals surface area (Å²) in [7, 11) is 2.16. The van der Waals surface area contributed by atoms with Gasteiger partial charge in [0.15, 0.2) is 0 Å². The van der Waals surface area contributed by atoms with Crippen LogP contribution in [0.4, 0.5) is 4.79 Å². The van der Waals surface area contributed by atoms with E-state index in [-0.39, 0.29) is 6.09 Å². The van der Waals surface area contributed by atoms with Crippen LogP contribution in [-0.2, 0) is 17.7 Å². The first-order valence-electron chi connectivity index (χ1n) is 8.10. The fourth-order valence-corrected chi connectivity index (χ4v) is 3.95. The van der Waals surface area contributed by atoms with Crippen LogP contribution >= 0.6 is 11.3 Å². The normalized spacial score (nSPS) is 20.0. The molecule has 122 valence electrons. The third-order valence-corrected chi connectivity index (χ3v) is 5.47. The molecule has 1 fully saturated rings. The lowest BCUT2D eigenvalue weighted by Crippen LogP contribution is -2.44. The van der Waals surface area contributed by atoms with E-state index in [1.807, 2.05) is 4.90 Å². The summed E-state index contributed by atoms with van der Waals surface area (Å²) < 4.78 is 5.44. The van der Waals surface area contributed by atoms with Gasteiger partial charge in [0.1, 0.15) is 0 Å². The number of nitrogens with zero attached hydrogens (tertiary/aromatic N) is 3. The standard InChI is InChI=1S/C16H25N3O2S/c1-17-7-9-18(10-8-17)5-2-11-21-16(20)19-6-3-14-4-12-22-15(14)13-19/h4,12H,2-3,5-11,13H2,1H3. The van der Waals surface area contributed by atoms with Crippen LogP contribution in [0.2, 0.25) is 0 Å². The highest BCUT2D eigenvalue weighted by Crippen LogP contribution is 2.24. The van der Waals surface area contributed by atoms with Gasteiger partial charge in [0.05, 0.1) is 13.2 Å². The van der Waals surface area contributed by atoms with E-state index in [0.717, 1.165) is 52.1 Å². The lowest BCUT2D eigenvalue weighted by atomic mass is 10.1. The van der Waals surface area contributed by atoms with E-state index in [0.29, 0.717) is 13.2 Å². The van der Waals surface area contributed by atoms with Gasteiger partial charge < -0.3 is 19.4 Å².